The molecule has 0 N–H and O–H groups in total. The van der Waals surface area contributed by atoms with E-state index < -0.39 is 10.0 Å². The molecule has 0 atom stereocenters. The van der Waals surface area contributed by atoms with Gasteiger partial charge in [0.1, 0.15) is 4.21 Å². The fourth-order valence-corrected chi connectivity index (χ4v) is 5.71. The predicted octanol–water partition coefficient (Wildman–Crippen LogP) is 3.50. The van der Waals surface area contributed by atoms with Gasteiger partial charge in [-0.15, -0.1) is 22.9 Å². The quantitative estimate of drug-likeness (QED) is 0.809. The van der Waals surface area contributed by atoms with Gasteiger partial charge in [-0.05, 0) is 29.7 Å². The van der Waals surface area contributed by atoms with Crippen LogP contribution in [0.3, 0.4) is 0 Å². The minimum atomic E-state index is -3.42. The topological polar surface area (TPSA) is 37.4 Å². The molecule has 2 aromatic rings. The number of rotatable bonds is 3. The first-order chi connectivity index (χ1) is 9.52. The zero-order chi connectivity index (χ0) is 14.3. The monoisotopic (exact) mass is 327 g/mol. The molecule has 3 rings (SSSR count). The molecule has 0 unspecified atom stereocenters. The van der Waals surface area contributed by atoms with E-state index in [0.717, 1.165) is 21.6 Å². The summed E-state index contributed by atoms with van der Waals surface area (Å²) in [7, 11) is -3.42. The smallest absolute Gasteiger partial charge is 0.206 e. The highest BCUT2D eigenvalue weighted by Gasteiger charge is 2.31. The van der Waals surface area contributed by atoms with E-state index in [1.54, 1.807) is 6.07 Å². The van der Waals surface area contributed by atoms with Crippen LogP contribution in [0.25, 0.3) is 0 Å². The molecular formula is C14H14ClNO2S2. The maximum atomic E-state index is 12.7. The van der Waals surface area contributed by atoms with Crippen LogP contribution in [-0.4, -0.2) is 12.7 Å². The summed E-state index contributed by atoms with van der Waals surface area (Å²) < 4.78 is 27.3. The molecule has 0 radical (unpaired) electrons. The van der Waals surface area contributed by atoms with E-state index in [9.17, 15) is 8.42 Å². The molecular weight excluding hydrogens is 314 g/mol. The van der Waals surface area contributed by atoms with Gasteiger partial charge >= 0.3 is 0 Å². The van der Waals surface area contributed by atoms with Gasteiger partial charge in [-0.3, -0.25) is 0 Å². The number of fused-ring (bicyclic) bond motifs is 1. The molecule has 0 spiro atoms. The lowest BCUT2D eigenvalue weighted by Crippen LogP contribution is -2.24. The molecule has 20 heavy (non-hydrogen) atoms. The third kappa shape index (κ3) is 2.29. The molecule has 0 bridgehead atoms. The average Bonchev–Trinajstić information content (AvgIpc) is 3.02. The standard InChI is InChI=1S/C14H14ClNO2S2/c1-10-6-14(19-13(10)7-15)20(17,18)16-8-11-4-2-3-5-12(11)9-16/h2-6H,7-9H2,1H3. The summed E-state index contributed by atoms with van der Waals surface area (Å²) in [5.74, 6) is 0.353. The largest absolute Gasteiger partial charge is 0.253 e. The van der Waals surface area contributed by atoms with Gasteiger partial charge in [0, 0.05) is 18.0 Å². The summed E-state index contributed by atoms with van der Waals surface area (Å²) in [5, 5.41) is 0. The summed E-state index contributed by atoms with van der Waals surface area (Å²) in [6.45, 7) is 2.79. The Kier molecular flexibility index (Phi) is 3.62. The van der Waals surface area contributed by atoms with Gasteiger partial charge in [0.25, 0.3) is 10.0 Å². The van der Waals surface area contributed by atoms with Crippen molar-refractivity contribution in [2.45, 2.75) is 30.1 Å². The van der Waals surface area contributed by atoms with Crippen LogP contribution in [0.1, 0.15) is 21.6 Å². The van der Waals surface area contributed by atoms with Crippen molar-refractivity contribution >= 4 is 33.0 Å². The van der Waals surface area contributed by atoms with Gasteiger partial charge in [0.05, 0.1) is 5.88 Å². The molecule has 3 nitrogen and oxygen atoms in total. The minimum absolute atomic E-state index is 0.353. The normalized spacial score (nSPS) is 15.5. The third-order valence-electron chi connectivity index (χ3n) is 3.53. The second-order valence-corrected chi connectivity index (χ2v) is 8.42. The molecule has 1 aromatic heterocycles. The van der Waals surface area contributed by atoms with Gasteiger partial charge < -0.3 is 0 Å². The Morgan fingerprint density at radius 2 is 1.85 bits per heavy atom. The first-order valence-electron chi connectivity index (χ1n) is 6.24. The van der Waals surface area contributed by atoms with Crippen molar-refractivity contribution < 1.29 is 8.42 Å². The summed E-state index contributed by atoms with van der Waals surface area (Å²) in [6, 6.07) is 9.57. The Bertz CT molecular complexity index is 727. The summed E-state index contributed by atoms with van der Waals surface area (Å²) in [5.41, 5.74) is 3.11. The molecule has 1 aliphatic rings. The van der Waals surface area contributed by atoms with Crippen LogP contribution in [0.5, 0.6) is 0 Å². The van der Waals surface area contributed by atoms with Crippen molar-refractivity contribution in [2.75, 3.05) is 0 Å². The van der Waals surface area contributed by atoms with E-state index in [2.05, 4.69) is 0 Å². The molecule has 1 aromatic carbocycles. The summed E-state index contributed by atoms with van der Waals surface area (Å²) in [6.07, 6.45) is 0. The Labute approximate surface area is 127 Å². The van der Waals surface area contributed by atoms with E-state index >= 15 is 0 Å². The lowest BCUT2D eigenvalue weighted by molar-refractivity contribution is 0.433. The SMILES string of the molecule is Cc1cc(S(=O)(=O)N2Cc3ccccc3C2)sc1CCl. The zero-order valence-corrected chi connectivity index (χ0v) is 13.4. The van der Waals surface area contributed by atoms with Gasteiger partial charge in [0.15, 0.2) is 0 Å². The van der Waals surface area contributed by atoms with Crippen LogP contribution in [0.15, 0.2) is 34.5 Å². The van der Waals surface area contributed by atoms with Crippen LogP contribution in [-0.2, 0) is 29.0 Å². The molecule has 0 fully saturated rings. The van der Waals surface area contributed by atoms with E-state index in [4.69, 9.17) is 11.6 Å². The van der Waals surface area contributed by atoms with Crippen molar-refractivity contribution in [2.24, 2.45) is 0 Å². The molecule has 2 heterocycles. The Morgan fingerprint density at radius 3 is 2.35 bits per heavy atom. The second-order valence-electron chi connectivity index (χ2n) is 4.85. The van der Waals surface area contributed by atoms with Crippen LogP contribution >= 0.6 is 22.9 Å². The molecule has 6 heteroatoms. The Balaban J connectivity index is 1.94. The third-order valence-corrected chi connectivity index (χ3v) is 7.43. The summed E-state index contributed by atoms with van der Waals surface area (Å²) >= 11 is 7.10. The van der Waals surface area contributed by atoms with Crippen LogP contribution in [0.2, 0.25) is 0 Å². The number of alkyl halides is 1. The molecule has 1 aliphatic heterocycles. The average molecular weight is 328 g/mol. The van der Waals surface area contributed by atoms with E-state index in [1.807, 2.05) is 31.2 Å². The number of sulfonamides is 1. The van der Waals surface area contributed by atoms with Gasteiger partial charge in [-0.1, -0.05) is 24.3 Å². The Morgan fingerprint density at radius 1 is 1.25 bits per heavy atom. The number of halogens is 1. The first-order valence-corrected chi connectivity index (χ1v) is 9.03. The van der Waals surface area contributed by atoms with Crippen molar-refractivity contribution in [3.8, 4) is 0 Å². The number of aryl methyl sites for hydroxylation is 1. The van der Waals surface area contributed by atoms with Crippen LogP contribution in [0.4, 0.5) is 0 Å². The lowest BCUT2D eigenvalue weighted by Gasteiger charge is -2.13. The number of hydrogen-bond donors (Lipinski definition) is 0. The highest BCUT2D eigenvalue weighted by Crippen LogP contribution is 2.33. The first kappa shape index (κ1) is 14.1. The molecule has 0 saturated carbocycles. The number of nitrogens with zero attached hydrogens (tertiary/aromatic N) is 1. The van der Waals surface area contributed by atoms with E-state index in [0.29, 0.717) is 23.2 Å². The van der Waals surface area contributed by atoms with Crippen LogP contribution < -0.4 is 0 Å². The molecule has 0 saturated heterocycles. The second kappa shape index (κ2) is 5.15. The predicted molar refractivity (Wildman–Crippen MR) is 81.5 cm³/mol. The van der Waals surface area contributed by atoms with Crippen molar-refractivity contribution in [1.82, 2.24) is 4.31 Å². The maximum Gasteiger partial charge on any atom is 0.253 e. The fraction of sp³-hybridized carbons (Fsp3) is 0.286. The van der Waals surface area contributed by atoms with Gasteiger partial charge in [-0.2, -0.15) is 4.31 Å². The van der Waals surface area contributed by atoms with Crippen LogP contribution in [0, 0.1) is 6.92 Å². The molecule has 0 aliphatic carbocycles. The Hall–Kier alpha value is -0.880. The van der Waals surface area contributed by atoms with Gasteiger partial charge in [-0.25, -0.2) is 8.42 Å². The van der Waals surface area contributed by atoms with E-state index in [-0.39, 0.29) is 0 Å². The highest BCUT2D eigenvalue weighted by molar-refractivity contribution is 7.91. The molecule has 106 valence electrons. The molecule has 0 amide bonds. The maximum absolute atomic E-state index is 12.7. The van der Waals surface area contributed by atoms with Crippen molar-refractivity contribution in [3.05, 3.63) is 51.9 Å². The highest BCUT2D eigenvalue weighted by atomic mass is 35.5. The summed E-state index contributed by atoms with van der Waals surface area (Å²) in [4.78, 5) is 0.918. The van der Waals surface area contributed by atoms with E-state index in [1.165, 1.54) is 15.6 Å². The van der Waals surface area contributed by atoms with Gasteiger partial charge in [0.2, 0.25) is 0 Å². The number of thiophene rings is 1. The minimum Gasteiger partial charge on any atom is -0.206 e. The van der Waals surface area contributed by atoms with Crippen molar-refractivity contribution in [1.29, 1.82) is 0 Å². The lowest BCUT2D eigenvalue weighted by atomic mass is 10.1. The number of hydrogen-bond acceptors (Lipinski definition) is 3. The zero-order valence-electron chi connectivity index (χ0n) is 11.0. The van der Waals surface area contributed by atoms with Crippen molar-refractivity contribution in [3.63, 3.8) is 0 Å². The number of benzene rings is 1. The fourth-order valence-electron chi connectivity index (χ4n) is 2.35.